The van der Waals surface area contributed by atoms with Crippen molar-refractivity contribution in [3.05, 3.63) is 51.2 Å². The summed E-state index contributed by atoms with van der Waals surface area (Å²) < 4.78 is 0. The van der Waals surface area contributed by atoms with Gasteiger partial charge in [-0.15, -0.1) is 23.1 Å². The molecule has 3 rings (SSSR count). The van der Waals surface area contributed by atoms with Gasteiger partial charge in [-0.25, -0.2) is 0 Å². The fourth-order valence-electron chi connectivity index (χ4n) is 2.80. The van der Waals surface area contributed by atoms with Gasteiger partial charge in [0.1, 0.15) is 0 Å². The number of aryl methyl sites for hydroxylation is 3. The fourth-order valence-corrected chi connectivity index (χ4v) is 5.12. The van der Waals surface area contributed by atoms with Gasteiger partial charge in [0.05, 0.1) is 5.25 Å². The van der Waals surface area contributed by atoms with Gasteiger partial charge in [-0.1, -0.05) is 6.07 Å². The van der Waals surface area contributed by atoms with Crippen LogP contribution in [-0.2, 0) is 12.8 Å². The van der Waals surface area contributed by atoms with Gasteiger partial charge in [0.25, 0.3) is 0 Å². The minimum atomic E-state index is 0.159. The van der Waals surface area contributed by atoms with Gasteiger partial charge in [-0.2, -0.15) is 0 Å². The monoisotopic (exact) mass is 303 g/mol. The van der Waals surface area contributed by atoms with E-state index in [9.17, 15) is 0 Å². The molecule has 3 heteroatoms. The van der Waals surface area contributed by atoms with E-state index in [2.05, 4.69) is 44.2 Å². The lowest BCUT2D eigenvalue weighted by atomic mass is 10.1. The number of hydrogen-bond donors (Lipinski definition) is 1. The standard InChI is InChI=1S/C17H21NS2/c1-11-6-9-16(19-11)17(12(2)18)20-15-8-7-13-4-3-5-14(13)10-15/h6-10,12,17H,3-5,18H2,1-2H3. The first-order valence-corrected chi connectivity index (χ1v) is 8.93. The second-order valence-electron chi connectivity index (χ2n) is 5.63. The maximum atomic E-state index is 6.22. The van der Waals surface area contributed by atoms with Crippen molar-refractivity contribution in [3.63, 3.8) is 0 Å². The van der Waals surface area contributed by atoms with Gasteiger partial charge in [0.15, 0.2) is 0 Å². The van der Waals surface area contributed by atoms with Gasteiger partial charge >= 0.3 is 0 Å². The summed E-state index contributed by atoms with van der Waals surface area (Å²) in [6.45, 7) is 4.27. The third-order valence-corrected chi connectivity index (χ3v) is 6.55. The number of thiophene rings is 1. The summed E-state index contributed by atoms with van der Waals surface area (Å²) in [4.78, 5) is 4.11. The number of hydrogen-bond acceptors (Lipinski definition) is 3. The molecule has 0 aliphatic heterocycles. The van der Waals surface area contributed by atoms with Crippen LogP contribution in [0.4, 0.5) is 0 Å². The Morgan fingerprint density at radius 3 is 2.65 bits per heavy atom. The van der Waals surface area contributed by atoms with Crippen molar-refractivity contribution in [1.82, 2.24) is 0 Å². The average molecular weight is 303 g/mol. The molecular formula is C17H21NS2. The quantitative estimate of drug-likeness (QED) is 0.827. The van der Waals surface area contributed by atoms with Crippen LogP contribution in [0.2, 0.25) is 0 Å². The van der Waals surface area contributed by atoms with E-state index in [1.807, 2.05) is 23.1 Å². The number of thioether (sulfide) groups is 1. The van der Waals surface area contributed by atoms with E-state index < -0.39 is 0 Å². The van der Waals surface area contributed by atoms with E-state index >= 15 is 0 Å². The lowest BCUT2D eigenvalue weighted by Gasteiger charge is -2.19. The lowest BCUT2D eigenvalue weighted by molar-refractivity contribution is 0.730. The second-order valence-corrected chi connectivity index (χ2v) is 8.16. The molecule has 20 heavy (non-hydrogen) atoms. The molecule has 0 saturated heterocycles. The van der Waals surface area contributed by atoms with E-state index in [1.54, 1.807) is 11.1 Å². The molecule has 2 aromatic rings. The third-order valence-electron chi connectivity index (χ3n) is 3.85. The minimum Gasteiger partial charge on any atom is -0.327 e. The predicted octanol–water partition coefficient (Wildman–Crippen LogP) is 4.73. The summed E-state index contributed by atoms with van der Waals surface area (Å²) in [6, 6.07) is 11.5. The molecule has 1 aliphatic rings. The molecule has 1 aliphatic carbocycles. The zero-order valence-electron chi connectivity index (χ0n) is 12.1. The summed E-state index contributed by atoms with van der Waals surface area (Å²) in [5.41, 5.74) is 9.31. The van der Waals surface area contributed by atoms with E-state index in [0.29, 0.717) is 5.25 Å². The van der Waals surface area contributed by atoms with Crippen molar-refractivity contribution in [1.29, 1.82) is 0 Å². The third kappa shape index (κ3) is 2.95. The van der Waals surface area contributed by atoms with Crippen LogP contribution in [0.15, 0.2) is 35.2 Å². The molecule has 1 aromatic carbocycles. The Morgan fingerprint density at radius 1 is 1.15 bits per heavy atom. The van der Waals surface area contributed by atoms with Gasteiger partial charge in [-0.05, 0) is 68.5 Å². The highest BCUT2D eigenvalue weighted by Gasteiger charge is 2.20. The van der Waals surface area contributed by atoms with Gasteiger partial charge in [0, 0.05) is 20.7 Å². The highest BCUT2D eigenvalue weighted by molar-refractivity contribution is 7.99. The summed E-state index contributed by atoms with van der Waals surface area (Å²) >= 11 is 3.78. The molecule has 2 atom stereocenters. The highest BCUT2D eigenvalue weighted by Crippen LogP contribution is 2.41. The molecule has 0 amide bonds. The average Bonchev–Trinajstić information content (AvgIpc) is 3.03. The molecule has 0 saturated carbocycles. The van der Waals surface area contributed by atoms with Crippen LogP contribution in [0.25, 0.3) is 0 Å². The minimum absolute atomic E-state index is 0.159. The molecule has 0 fully saturated rings. The Morgan fingerprint density at radius 2 is 1.95 bits per heavy atom. The first kappa shape index (κ1) is 14.2. The zero-order chi connectivity index (χ0) is 14.1. The number of benzene rings is 1. The Kier molecular flexibility index (Phi) is 4.20. The topological polar surface area (TPSA) is 26.0 Å². The molecule has 1 aromatic heterocycles. The predicted molar refractivity (Wildman–Crippen MR) is 89.8 cm³/mol. The molecule has 2 unspecified atom stereocenters. The Labute approximate surface area is 129 Å². The van der Waals surface area contributed by atoms with Crippen molar-refractivity contribution < 1.29 is 0 Å². The molecular weight excluding hydrogens is 282 g/mol. The van der Waals surface area contributed by atoms with Gasteiger partial charge in [-0.3, -0.25) is 0 Å². The van der Waals surface area contributed by atoms with Crippen LogP contribution in [-0.4, -0.2) is 6.04 Å². The van der Waals surface area contributed by atoms with Crippen molar-refractivity contribution in [3.8, 4) is 0 Å². The molecule has 1 heterocycles. The molecule has 1 nitrogen and oxygen atoms in total. The molecule has 0 spiro atoms. The van der Waals surface area contributed by atoms with Crippen LogP contribution in [0, 0.1) is 6.92 Å². The van der Waals surface area contributed by atoms with Crippen molar-refractivity contribution in [2.45, 2.75) is 49.3 Å². The summed E-state index contributed by atoms with van der Waals surface area (Å²) in [7, 11) is 0. The van der Waals surface area contributed by atoms with Gasteiger partial charge < -0.3 is 5.73 Å². The van der Waals surface area contributed by atoms with Crippen LogP contribution in [0.5, 0.6) is 0 Å². The summed E-state index contributed by atoms with van der Waals surface area (Å²) in [5, 5.41) is 0.355. The Balaban J connectivity index is 1.83. The van der Waals surface area contributed by atoms with E-state index in [-0.39, 0.29) is 6.04 Å². The number of fused-ring (bicyclic) bond motifs is 1. The van der Waals surface area contributed by atoms with Crippen LogP contribution in [0.1, 0.15) is 39.5 Å². The largest absolute Gasteiger partial charge is 0.327 e. The van der Waals surface area contributed by atoms with E-state index in [1.165, 1.54) is 33.9 Å². The van der Waals surface area contributed by atoms with Crippen molar-refractivity contribution in [2.24, 2.45) is 5.73 Å². The Bertz CT molecular complexity index is 601. The second kappa shape index (κ2) is 5.92. The maximum Gasteiger partial charge on any atom is 0.0586 e. The van der Waals surface area contributed by atoms with Gasteiger partial charge in [0.2, 0.25) is 0 Å². The number of nitrogens with two attached hydrogens (primary N) is 1. The fraction of sp³-hybridized carbons (Fsp3) is 0.412. The molecule has 0 radical (unpaired) electrons. The number of rotatable bonds is 4. The van der Waals surface area contributed by atoms with E-state index in [4.69, 9.17) is 5.73 Å². The SMILES string of the molecule is Cc1ccc(C(Sc2ccc3c(c2)CCC3)C(C)N)s1. The summed E-state index contributed by atoms with van der Waals surface area (Å²) in [6.07, 6.45) is 3.80. The van der Waals surface area contributed by atoms with Crippen LogP contribution in [0.3, 0.4) is 0 Å². The normalized spacial score (nSPS) is 16.9. The smallest absolute Gasteiger partial charge is 0.0586 e. The van der Waals surface area contributed by atoms with Crippen molar-refractivity contribution >= 4 is 23.1 Å². The molecule has 106 valence electrons. The molecule has 2 N–H and O–H groups in total. The highest BCUT2D eigenvalue weighted by atomic mass is 32.2. The maximum absolute atomic E-state index is 6.22. The molecule has 0 bridgehead atoms. The van der Waals surface area contributed by atoms with Crippen LogP contribution < -0.4 is 5.73 Å². The van der Waals surface area contributed by atoms with E-state index in [0.717, 1.165) is 0 Å². The Hall–Kier alpha value is -0.770. The first-order valence-electron chi connectivity index (χ1n) is 7.24. The summed E-state index contributed by atoms with van der Waals surface area (Å²) in [5.74, 6) is 0. The van der Waals surface area contributed by atoms with Crippen LogP contribution >= 0.6 is 23.1 Å². The zero-order valence-corrected chi connectivity index (χ0v) is 13.7. The van der Waals surface area contributed by atoms with Crippen molar-refractivity contribution in [2.75, 3.05) is 0 Å². The lowest BCUT2D eigenvalue weighted by Crippen LogP contribution is -2.21. The first-order chi connectivity index (χ1) is 9.63.